The molecule has 0 saturated heterocycles. The summed E-state index contributed by atoms with van der Waals surface area (Å²) in [5.41, 5.74) is 1.64. The highest BCUT2D eigenvalue weighted by Crippen LogP contribution is 2.12. The first-order valence-electron chi connectivity index (χ1n) is 5.19. The first-order valence-corrected chi connectivity index (χ1v) is 5.19. The minimum atomic E-state index is -0.0493. The molecule has 0 aliphatic heterocycles. The Labute approximate surface area is 94.0 Å². The van der Waals surface area contributed by atoms with Gasteiger partial charge in [0.15, 0.2) is 5.82 Å². The van der Waals surface area contributed by atoms with E-state index in [1.54, 1.807) is 35.4 Å². The van der Waals surface area contributed by atoms with E-state index in [0.717, 1.165) is 12.0 Å². The van der Waals surface area contributed by atoms with E-state index >= 15 is 0 Å². The second-order valence-corrected chi connectivity index (χ2v) is 3.58. The average molecular weight is 215 g/mol. The summed E-state index contributed by atoms with van der Waals surface area (Å²) in [7, 11) is 1.81. The van der Waals surface area contributed by atoms with Gasteiger partial charge in [-0.05, 0) is 18.1 Å². The van der Waals surface area contributed by atoms with Crippen molar-refractivity contribution in [2.45, 2.75) is 13.3 Å². The van der Waals surface area contributed by atoms with Crippen LogP contribution in [-0.4, -0.2) is 20.3 Å². The molecular weight excluding hydrogens is 202 g/mol. The third-order valence-electron chi connectivity index (χ3n) is 2.55. The molecule has 0 amide bonds. The monoisotopic (exact) mass is 215 g/mol. The van der Waals surface area contributed by atoms with Crippen LogP contribution in [0.2, 0.25) is 0 Å². The van der Waals surface area contributed by atoms with Crippen molar-refractivity contribution >= 4 is 5.78 Å². The SMILES string of the molecule is CCc1cnccc1C(=O)c1nccn1C. The van der Waals surface area contributed by atoms with Crippen LogP contribution < -0.4 is 0 Å². The van der Waals surface area contributed by atoms with Gasteiger partial charge in [-0.2, -0.15) is 0 Å². The maximum Gasteiger partial charge on any atom is 0.228 e. The van der Waals surface area contributed by atoms with E-state index in [4.69, 9.17) is 0 Å². The van der Waals surface area contributed by atoms with Crippen LogP contribution in [0, 0.1) is 0 Å². The quantitative estimate of drug-likeness (QED) is 0.731. The van der Waals surface area contributed by atoms with E-state index in [1.165, 1.54) is 0 Å². The van der Waals surface area contributed by atoms with Crippen molar-refractivity contribution in [3.63, 3.8) is 0 Å². The van der Waals surface area contributed by atoms with Gasteiger partial charge in [0, 0.05) is 37.4 Å². The number of pyridine rings is 1. The molecule has 4 heteroatoms. The Bertz CT molecular complexity index is 516. The van der Waals surface area contributed by atoms with E-state index in [1.807, 2.05) is 14.0 Å². The lowest BCUT2D eigenvalue weighted by molar-refractivity contribution is 0.102. The lowest BCUT2D eigenvalue weighted by Gasteiger charge is -2.05. The predicted octanol–water partition coefficient (Wildman–Crippen LogP) is 1.61. The van der Waals surface area contributed by atoms with Crippen LogP contribution in [0.15, 0.2) is 30.9 Å². The number of imidazole rings is 1. The summed E-state index contributed by atoms with van der Waals surface area (Å²) in [5, 5.41) is 0. The molecule has 2 rings (SSSR count). The number of carbonyl (C=O) groups is 1. The summed E-state index contributed by atoms with van der Waals surface area (Å²) in [5.74, 6) is 0.410. The van der Waals surface area contributed by atoms with E-state index in [9.17, 15) is 4.79 Å². The van der Waals surface area contributed by atoms with E-state index < -0.39 is 0 Å². The molecule has 0 aliphatic carbocycles. The maximum atomic E-state index is 12.2. The summed E-state index contributed by atoms with van der Waals surface area (Å²) in [6, 6.07) is 1.75. The number of carbonyl (C=O) groups excluding carboxylic acids is 1. The Morgan fingerprint density at radius 1 is 1.44 bits per heavy atom. The minimum absolute atomic E-state index is 0.0493. The van der Waals surface area contributed by atoms with Gasteiger partial charge in [0.25, 0.3) is 0 Å². The highest BCUT2D eigenvalue weighted by Gasteiger charge is 2.16. The normalized spacial score (nSPS) is 10.4. The molecule has 0 saturated carbocycles. The predicted molar refractivity (Wildman–Crippen MR) is 60.3 cm³/mol. The first-order chi connectivity index (χ1) is 7.74. The largest absolute Gasteiger partial charge is 0.331 e. The molecule has 0 bridgehead atoms. The molecule has 16 heavy (non-hydrogen) atoms. The zero-order valence-electron chi connectivity index (χ0n) is 9.34. The van der Waals surface area contributed by atoms with Crippen LogP contribution in [0.25, 0.3) is 0 Å². The molecule has 0 unspecified atom stereocenters. The fraction of sp³-hybridized carbons (Fsp3) is 0.250. The standard InChI is InChI=1S/C12H13N3O/c1-3-9-8-13-5-4-10(9)11(16)12-14-6-7-15(12)2/h4-8H,3H2,1-2H3. The molecule has 0 spiro atoms. The number of ketones is 1. The van der Waals surface area contributed by atoms with Crippen LogP contribution in [0.3, 0.4) is 0 Å². The number of rotatable bonds is 3. The van der Waals surface area contributed by atoms with Gasteiger partial charge in [0.1, 0.15) is 0 Å². The number of hydrogen-bond acceptors (Lipinski definition) is 3. The first kappa shape index (κ1) is 10.5. The number of aryl methyl sites for hydroxylation is 2. The molecule has 2 aromatic heterocycles. The van der Waals surface area contributed by atoms with Crippen LogP contribution >= 0.6 is 0 Å². The lowest BCUT2D eigenvalue weighted by Crippen LogP contribution is -2.11. The topological polar surface area (TPSA) is 47.8 Å². The number of hydrogen-bond donors (Lipinski definition) is 0. The van der Waals surface area contributed by atoms with Gasteiger partial charge in [-0.1, -0.05) is 6.92 Å². The zero-order valence-corrected chi connectivity index (χ0v) is 9.34. The summed E-state index contributed by atoms with van der Waals surface area (Å²) in [6.45, 7) is 2.01. The second-order valence-electron chi connectivity index (χ2n) is 3.58. The molecule has 4 nitrogen and oxygen atoms in total. The second kappa shape index (κ2) is 4.26. The van der Waals surface area contributed by atoms with Crippen molar-refractivity contribution in [3.05, 3.63) is 47.8 Å². The molecule has 2 heterocycles. The third kappa shape index (κ3) is 1.74. The molecule has 82 valence electrons. The highest BCUT2D eigenvalue weighted by atomic mass is 16.1. The van der Waals surface area contributed by atoms with Crippen LogP contribution in [0.4, 0.5) is 0 Å². The van der Waals surface area contributed by atoms with Crippen molar-refractivity contribution in [1.82, 2.24) is 14.5 Å². The Morgan fingerprint density at radius 3 is 2.88 bits per heavy atom. The van der Waals surface area contributed by atoms with E-state index in [0.29, 0.717) is 11.4 Å². The van der Waals surface area contributed by atoms with Crippen molar-refractivity contribution in [2.75, 3.05) is 0 Å². The summed E-state index contributed by atoms with van der Waals surface area (Å²) >= 11 is 0. The van der Waals surface area contributed by atoms with Gasteiger partial charge < -0.3 is 4.57 Å². The van der Waals surface area contributed by atoms with E-state index in [2.05, 4.69) is 9.97 Å². The van der Waals surface area contributed by atoms with Gasteiger partial charge >= 0.3 is 0 Å². The minimum Gasteiger partial charge on any atom is -0.331 e. The van der Waals surface area contributed by atoms with Crippen molar-refractivity contribution < 1.29 is 4.79 Å². The Kier molecular flexibility index (Phi) is 2.81. The Balaban J connectivity index is 2.46. The van der Waals surface area contributed by atoms with Gasteiger partial charge in [-0.3, -0.25) is 9.78 Å². The zero-order chi connectivity index (χ0) is 11.5. The number of aromatic nitrogens is 3. The number of nitrogens with zero attached hydrogens (tertiary/aromatic N) is 3. The van der Waals surface area contributed by atoms with Gasteiger partial charge in [-0.15, -0.1) is 0 Å². The molecule has 0 atom stereocenters. The fourth-order valence-corrected chi connectivity index (χ4v) is 1.64. The summed E-state index contributed by atoms with van der Waals surface area (Å²) in [4.78, 5) is 20.3. The molecule has 0 radical (unpaired) electrons. The van der Waals surface area contributed by atoms with Crippen LogP contribution in [0.1, 0.15) is 28.7 Å². The molecule has 2 aromatic rings. The maximum absolute atomic E-state index is 12.2. The molecule has 0 N–H and O–H groups in total. The molecule has 0 aromatic carbocycles. The fourth-order valence-electron chi connectivity index (χ4n) is 1.64. The van der Waals surface area contributed by atoms with E-state index in [-0.39, 0.29) is 5.78 Å². The van der Waals surface area contributed by atoms with Gasteiger partial charge in [-0.25, -0.2) is 4.98 Å². The molecular formula is C12H13N3O. The van der Waals surface area contributed by atoms with Crippen LogP contribution in [0.5, 0.6) is 0 Å². The lowest BCUT2D eigenvalue weighted by atomic mass is 10.0. The Hall–Kier alpha value is -1.97. The Morgan fingerprint density at radius 2 is 2.25 bits per heavy atom. The van der Waals surface area contributed by atoms with Crippen molar-refractivity contribution in [3.8, 4) is 0 Å². The van der Waals surface area contributed by atoms with Crippen molar-refractivity contribution in [1.29, 1.82) is 0 Å². The third-order valence-corrected chi connectivity index (χ3v) is 2.55. The molecule has 0 aliphatic rings. The average Bonchev–Trinajstić information content (AvgIpc) is 2.74. The van der Waals surface area contributed by atoms with Gasteiger partial charge in [0.2, 0.25) is 5.78 Å². The smallest absolute Gasteiger partial charge is 0.228 e. The highest BCUT2D eigenvalue weighted by molar-refractivity contribution is 6.07. The van der Waals surface area contributed by atoms with Crippen molar-refractivity contribution in [2.24, 2.45) is 7.05 Å². The molecule has 0 fully saturated rings. The van der Waals surface area contributed by atoms with Gasteiger partial charge in [0.05, 0.1) is 0 Å². The summed E-state index contributed by atoms with van der Waals surface area (Å²) < 4.78 is 1.72. The van der Waals surface area contributed by atoms with Crippen LogP contribution in [-0.2, 0) is 13.5 Å². The summed E-state index contributed by atoms with van der Waals surface area (Å²) in [6.07, 6.45) is 7.55.